The van der Waals surface area contributed by atoms with E-state index in [0.29, 0.717) is 5.96 Å². The fraction of sp³-hybridized carbons (Fsp3) is 0.667. The minimum absolute atomic E-state index is 0. The van der Waals surface area contributed by atoms with Gasteiger partial charge in [0.15, 0.2) is 5.96 Å². The van der Waals surface area contributed by atoms with E-state index in [2.05, 4.69) is 15.2 Å². The van der Waals surface area contributed by atoms with Crippen molar-refractivity contribution in [2.45, 2.75) is 56.9 Å². The molecular formula is C18H30IN5. The minimum Gasteiger partial charge on any atom is -0.370 e. The van der Waals surface area contributed by atoms with Crippen LogP contribution < -0.4 is 11.1 Å². The van der Waals surface area contributed by atoms with Gasteiger partial charge in [-0.05, 0) is 50.9 Å². The van der Waals surface area contributed by atoms with Crippen LogP contribution in [0.5, 0.6) is 0 Å². The fourth-order valence-corrected chi connectivity index (χ4v) is 3.99. The standard InChI is InChI=1S/C18H29N5.HI/c19-17(22-16-9-3-6-12-20-16)21-15-18(10-4-1-5-11-18)23-13-7-2-8-14-23;/h3,6,9,12H,1-2,4-5,7-8,10-11,13-15H2,(H3,19,20,21,22);1H. The van der Waals surface area contributed by atoms with Crippen molar-refractivity contribution in [1.29, 1.82) is 0 Å². The molecule has 0 amide bonds. The first kappa shape index (κ1) is 19.4. The molecule has 1 aliphatic heterocycles. The number of pyridine rings is 1. The molecule has 3 N–H and O–H groups in total. The zero-order valence-corrected chi connectivity index (χ0v) is 16.7. The molecule has 1 aliphatic carbocycles. The van der Waals surface area contributed by atoms with E-state index in [9.17, 15) is 0 Å². The quantitative estimate of drug-likeness (QED) is 0.424. The van der Waals surface area contributed by atoms with E-state index >= 15 is 0 Å². The second kappa shape index (κ2) is 9.56. The highest BCUT2D eigenvalue weighted by molar-refractivity contribution is 14.0. The maximum atomic E-state index is 6.09. The monoisotopic (exact) mass is 443 g/mol. The molecule has 1 saturated carbocycles. The van der Waals surface area contributed by atoms with Crippen LogP contribution in [0.3, 0.4) is 0 Å². The van der Waals surface area contributed by atoms with Gasteiger partial charge < -0.3 is 11.1 Å². The normalized spacial score (nSPS) is 21.8. The number of nitrogens with zero attached hydrogens (tertiary/aromatic N) is 3. The Hall–Kier alpha value is -0.890. The first-order valence-corrected chi connectivity index (χ1v) is 9.02. The third-order valence-corrected chi connectivity index (χ3v) is 5.28. The highest BCUT2D eigenvalue weighted by Gasteiger charge is 2.38. The summed E-state index contributed by atoms with van der Waals surface area (Å²) in [6.45, 7) is 3.25. The number of nitrogens with one attached hydrogen (secondary N) is 1. The topological polar surface area (TPSA) is 66.5 Å². The lowest BCUT2D eigenvalue weighted by Gasteiger charge is -2.47. The van der Waals surface area contributed by atoms with E-state index in [1.165, 1.54) is 64.5 Å². The van der Waals surface area contributed by atoms with Crippen LogP contribution >= 0.6 is 24.0 Å². The van der Waals surface area contributed by atoms with Gasteiger partial charge in [-0.15, -0.1) is 24.0 Å². The zero-order valence-electron chi connectivity index (χ0n) is 14.4. The number of guanidine groups is 1. The number of aliphatic imine (C=N–C) groups is 1. The lowest BCUT2D eigenvalue weighted by atomic mass is 9.79. The Morgan fingerprint density at radius 2 is 1.83 bits per heavy atom. The highest BCUT2D eigenvalue weighted by Crippen LogP contribution is 2.35. The molecule has 1 aromatic heterocycles. The fourth-order valence-electron chi connectivity index (χ4n) is 3.99. The molecule has 134 valence electrons. The van der Waals surface area contributed by atoms with Crippen LogP contribution in [-0.4, -0.2) is 41.0 Å². The van der Waals surface area contributed by atoms with E-state index in [0.717, 1.165) is 12.4 Å². The summed E-state index contributed by atoms with van der Waals surface area (Å²) in [6.07, 6.45) is 12.3. The molecule has 1 saturated heterocycles. The largest absolute Gasteiger partial charge is 0.370 e. The van der Waals surface area contributed by atoms with Crippen molar-refractivity contribution in [2.24, 2.45) is 10.7 Å². The molecule has 0 atom stereocenters. The van der Waals surface area contributed by atoms with E-state index < -0.39 is 0 Å². The zero-order chi connectivity index (χ0) is 16.0. The Morgan fingerprint density at radius 1 is 1.12 bits per heavy atom. The Labute approximate surface area is 162 Å². The number of piperidine rings is 1. The lowest BCUT2D eigenvalue weighted by molar-refractivity contribution is 0.0408. The van der Waals surface area contributed by atoms with Gasteiger partial charge in [0.25, 0.3) is 0 Å². The lowest BCUT2D eigenvalue weighted by Crippen LogP contribution is -2.54. The smallest absolute Gasteiger partial charge is 0.194 e. The molecule has 2 fully saturated rings. The molecule has 24 heavy (non-hydrogen) atoms. The summed E-state index contributed by atoms with van der Waals surface area (Å²) >= 11 is 0. The molecule has 0 unspecified atom stereocenters. The first-order valence-electron chi connectivity index (χ1n) is 9.02. The van der Waals surface area contributed by atoms with E-state index in [-0.39, 0.29) is 29.5 Å². The number of hydrogen-bond acceptors (Lipinski definition) is 3. The molecule has 0 bridgehead atoms. The highest BCUT2D eigenvalue weighted by atomic mass is 127. The molecule has 0 radical (unpaired) electrons. The van der Waals surface area contributed by atoms with Gasteiger partial charge in [-0.25, -0.2) is 4.98 Å². The van der Waals surface area contributed by atoms with E-state index in [1.807, 2.05) is 18.2 Å². The van der Waals surface area contributed by atoms with Gasteiger partial charge in [0.05, 0.1) is 6.54 Å². The number of rotatable bonds is 4. The van der Waals surface area contributed by atoms with Crippen LogP contribution in [0, 0.1) is 0 Å². The summed E-state index contributed by atoms with van der Waals surface area (Å²) in [7, 11) is 0. The summed E-state index contributed by atoms with van der Waals surface area (Å²) in [6, 6.07) is 5.74. The predicted molar refractivity (Wildman–Crippen MR) is 111 cm³/mol. The third-order valence-electron chi connectivity index (χ3n) is 5.28. The average Bonchev–Trinajstić information content (AvgIpc) is 2.62. The Kier molecular flexibility index (Phi) is 7.74. The second-order valence-electron chi connectivity index (χ2n) is 6.87. The summed E-state index contributed by atoms with van der Waals surface area (Å²) in [5, 5.41) is 3.10. The molecule has 3 rings (SSSR count). The van der Waals surface area contributed by atoms with Gasteiger partial charge in [-0.2, -0.15) is 0 Å². The number of aromatic nitrogens is 1. The van der Waals surface area contributed by atoms with Crippen molar-refractivity contribution in [3.8, 4) is 0 Å². The number of hydrogen-bond donors (Lipinski definition) is 2. The Morgan fingerprint density at radius 3 is 2.50 bits per heavy atom. The Bertz CT molecular complexity index is 507. The number of likely N-dealkylation sites (tertiary alicyclic amines) is 1. The van der Waals surface area contributed by atoms with Crippen LogP contribution in [-0.2, 0) is 0 Å². The third kappa shape index (κ3) is 5.05. The van der Waals surface area contributed by atoms with Gasteiger partial charge in [-0.1, -0.05) is 31.7 Å². The van der Waals surface area contributed by atoms with Gasteiger partial charge in [0, 0.05) is 11.7 Å². The number of halogens is 1. The van der Waals surface area contributed by atoms with Crippen LogP contribution in [0.1, 0.15) is 51.4 Å². The van der Waals surface area contributed by atoms with Gasteiger partial charge in [0.1, 0.15) is 5.82 Å². The van der Waals surface area contributed by atoms with Crippen LogP contribution in [0.2, 0.25) is 0 Å². The van der Waals surface area contributed by atoms with Gasteiger partial charge in [-0.3, -0.25) is 9.89 Å². The summed E-state index contributed by atoms with van der Waals surface area (Å²) in [5.41, 5.74) is 6.32. The van der Waals surface area contributed by atoms with Crippen molar-refractivity contribution in [1.82, 2.24) is 9.88 Å². The molecule has 2 aliphatic rings. The van der Waals surface area contributed by atoms with Crippen LogP contribution in [0.15, 0.2) is 29.4 Å². The molecule has 6 heteroatoms. The number of anilines is 1. The molecule has 1 aromatic rings. The molecule has 0 aromatic carbocycles. The number of nitrogens with two attached hydrogens (primary N) is 1. The van der Waals surface area contributed by atoms with E-state index in [4.69, 9.17) is 10.7 Å². The van der Waals surface area contributed by atoms with Gasteiger partial charge >= 0.3 is 0 Å². The van der Waals surface area contributed by atoms with Crippen molar-refractivity contribution < 1.29 is 0 Å². The molecular weight excluding hydrogens is 413 g/mol. The molecule has 2 heterocycles. The summed E-state index contributed by atoms with van der Waals surface area (Å²) < 4.78 is 0. The van der Waals surface area contributed by atoms with Crippen molar-refractivity contribution in [3.05, 3.63) is 24.4 Å². The Balaban J connectivity index is 0.00000208. The SMILES string of the molecule is I.NC(=NCC1(N2CCCCC2)CCCCC1)Nc1ccccn1. The van der Waals surface area contributed by atoms with Crippen molar-refractivity contribution in [2.75, 3.05) is 25.0 Å². The average molecular weight is 443 g/mol. The summed E-state index contributed by atoms with van der Waals surface area (Å²) in [5.74, 6) is 1.23. The first-order chi connectivity index (χ1) is 11.3. The molecule has 5 nitrogen and oxygen atoms in total. The predicted octanol–water partition coefficient (Wildman–Crippen LogP) is 3.62. The summed E-state index contributed by atoms with van der Waals surface area (Å²) in [4.78, 5) is 11.6. The second-order valence-corrected chi connectivity index (χ2v) is 6.87. The minimum atomic E-state index is 0. The van der Waals surface area contributed by atoms with E-state index in [1.54, 1.807) is 6.20 Å². The molecule has 0 spiro atoms. The van der Waals surface area contributed by atoms with Crippen molar-refractivity contribution >= 4 is 35.8 Å². The van der Waals surface area contributed by atoms with Crippen LogP contribution in [0.4, 0.5) is 5.82 Å². The maximum absolute atomic E-state index is 6.09. The van der Waals surface area contributed by atoms with Crippen molar-refractivity contribution in [3.63, 3.8) is 0 Å². The maximum Gasteiger partial charge on any atom is 0.194 e. The van der Waals surface area contributed by atoms with Crippen LogP contribution in [0.25, 0.3) is 0 Å². The van der Waals surface area contributed by atoms with Gasteiger partial charge in [0.2, 0.25) is 0 Å².